The molecule has 0 aliphatic heterocycles. The Morgan fingerprint density at radius 1 is 0.306 bits per heavy atom. The van der Waals surface area contributed by atoms with Crippen LogP contribution in [0.4, 0.5) is 35.1 Å². The molecule has 0 amide bonds. The number of phenolic OH excluding ortho intramolecular Hbond substituents is 1. The Hall–Kier alpha value is -11.6. The number of fused-ring (bicyclic) bond motifs is 3. The molecule has 0 unspecified atom stereocenters. The van der Waals surface area contributed by atoms with E-state index in [4.69, 9.17) is 65.8 Å². The predicted octanol–water partition coefficient (Wildman–Crippen LogP) is 32.7. The predicted molar refractivity (Wildman–Crippen MR) is 567 cm³/mol. The highest BCUT2D eigenvalue weighted by atomic mass is 35.5. The number of esters is 3. The molecule has 11 aromatic carbocycles. The highest BCUT2D eigenvalue weighted by molar-refractivity contribution is 6.17. The Morgan fingerprint density at radius 3 is 0.796 bits per heavy atom. The Bertz CT molecular complexity index is 6260. The summed E-state index contributed by atoms with van der Waals surface area (Å²) in [6.07, 6.45) is 18.7. The highest BCUT2D eigenvalue weighted by Gasteiger charge is 2.46. The number of halogens is 10. The van der Waals surface area contributed by atoms with Crippen molar-refractivity contribution in [3.05, 3.63) is 300 Å². The van der Waals surface area contributed by atoms with Gasteiger partial charge in [-0.05, 0) is 347 Å². The van der Waals surface area contributed by atoms with E-state index in [1.165, 1.54) is 115 Å². The monoisotopic (exact) mass is 2060 g/mol. The van der Waals surface area contributed by atoms with Crippen molar-refractivity contribution in [3.8, 4) is 84.8 Å². The third-order valence-electron chi connectivity index (χ3n) is 32.5. The number of benzene rings is 11. The van der Waals surface area contributed by atoms with Crippen molar-refractivity contribution < 1.29 is 97.2 Å². The van der Waals surface area contributed by atoms with E-state index in [1.54, 1.807) is 60.7 Å². The number of aromatic hydroxyl groups is 1. The van der Waals surface area contributed by atoms with Crippen LogP contribution in [0.1, 0.15) is 301 Å². The zero-order valence-electron chi connectivity index (χ0n) is 87.4. The number of aryl methyl sites for hydroxylation is 3. The van der Waals surface area contributed by atoms with Crippen molar-refractivity contribution in [3.63, 3.8) is 0 Å². The van der Waals surface area contributed by atoms with E-state index in [-0.39, 0.29) is 140 Å². The fourth-order valence-corrected chi connectivity index (χ4v) is 24.4. The first kappa shape index (κ1) is 113. The Kier molecular flexibility index (Phi) is 36.1. The first-order valence-corrected chi connectivity index (χ1v) is 51.8. The van der Waals surface area contributed by atoms with Gasteiger partial charge in [0.15, 0.2) is 0 Å². The third kappa shape index (κ3) is 25.1. The van der Waals surface area contributed by atoms with Crippen LogP contribution in [0.5, 0.6) is 40.2 Å². The maximum Gasteiger partial charge on any atom is 0.306 e. The fraction of sp³-hybridized carbons (Fsp3) is 0.444. The number of carbonyl (C=O) groups excluding carboxylic acids is 3. The SMILES string of the molecule is C.COC(=O)C[C@@]1(C)CCc2ccc(O)cc21.COC(=O)C[C@@]1(C)CCc2ccc(OCc3cc(F)c(-c4cc(OC)ccc4F)c([C@@H]4CCCC4(C)C)c3)cc21.COC(=O)C[C@@]1(C)CCc2ccc(OCc3cc(F)c(-c4cc(OC)ccc4F)c([C@H]4CCCC4(C)C)c3)cc21.COc1ccc(F)c(-c2c(F)cc(CCl)cc2[C@@H]2CCCC2(C)C)c1.COc1ccc(F)c(-c2c(F)cc(CCl)cc2[C@H]2CCCC2(C)C)c1. The highest BCUT2D eigenvalue weighted by Crippen LogP contribution is 2.58. The van der Waals surface area contributed by atoms with E-state index in [1.807, 2.05) is 54.6 Å². The van der Waals surface area contributed by atoms with E-state index in [9.17, 15) is 28.3 Å². The minimum atomic E-state index is -0.478. The summed E-state index contributed by atoms with van der Waals surface area (Å²) in [6, 6.07) is 48.7. The molecule has 0 spiro atoms. The number of carbonyl (C=O) groups is 3. The van der Waals surface area contributed by atoms with E-state index >= 15 is 26.3 Å². The molecule has 1 N–H and O–H groups in total. The van der Waals surface area contributed by atoms with Gasteiger partial charge >= 0.3 is 17.9 Å². The Morgan fingerprint density at radius 2 is 0.551 bits per heavy atom. The van der Waals surface area contributed by atoms with Crippen molar-refractivity contribution in [1.29, 1.82) is 0 Å². The average molecular weight is 2060 g/mol. The zero-order valence-corrected chi connectivity index (χ0v) is 88.9. The molecule has 786 valence electrons. The maximum atomic E-state index is 16.0. The van der Waals surface area contributed by atoms with Gasteiger partial charge in [-0.3, -0.25) is 14.4 Å². The molecule has 0 saturated heterocycles. The second-order valence-electron chi connectivity index (χ2n) is 44.0. The van der Waals surface area contributed by atoms with Gasteiger partial charge in [0.25, 0.3) is 0 Å². The molecule has 18 rings (SSSR count). The third-order valence-corrected chi connectivity index (χ3v) is 33.1. The molecule has 23 heteroatoms. The summed E-state index contributed by atoms with van der Waals surface area (Å²) in [4.78, 5) is 35.5. The van der Waals surface area contributed by atoms with Gasteiger partial charge in [0.1, 0.15) is 100.0 Å². The lowest BCUT2D eigenvalue weighted by atomic mass is 9.75. The second-order valence-corrected chi connectivity index (χ2v) is 44.6. The Balaban J connectivity index is 0.000000158. The Labute approximate surface area is 872 Å². The molecule has 11 aromatic rings. The molecule has 0 bridgehead atoms. The first-order valence-electron chi connectivity index (χ1n) is 50.7. The van der Waals surface area contributed by atoms with Crippen LogP contribution in [-0.2, 0) is 89.1 Å². The molecule has 147 heavy (non-hydrogen) atoms. The van der Waals surface area contributed by atoms with Crippen LogP contribution < -0.4 is 28.4 Å². The smallest absolute Gasteiger partial charge is 0.306 e. The van der Waals surface area contributed by atoms with Gasteiger partial charge < -0.3 is 47.7 Å². The lowest BCUT2D eigenvalue weighted by molar-refractivity contribution is -0.143. The number of hydrogen-bond donors (Lipinski definition) is 1. The molecule has 0 heterocycles. The van der Waals surface area contributed by atoms with Crippen LogP contribution in [0.2, 0.25) is 0 Å². The van der Waals surface area contributed by atoms with E-state index in [2.05, 4.69) is 88.3 Å². The van der Waals surface area contributed by atoms with Crippen molar-refractivity contribution in [2.75, 3.05) is 49.8 Å². The first-order chi connectivity index (χ1) is 69.4. The van der Waals surface area contributed by atoms with Crippen LogP contribution in [-0.4, -0.2) is 72.8 Å². The average Bonchev–Trinajstić information content (AvgIpc) is 1.74. The molecule has 7 aliphatic rings. The summed E-state index contributed by atoms with van der Waals surface area (Å²) in [5.41, 5.74) is 14.5. The summed E-state index contributed by atoms with van der Waals surface area (Å²) in [7, 11) is 10.3. The zero-order chi connectivity index (χ0) is 105. The van der Waals surface area contributed by atoms with Gasteiger partial charge in [0.2, 0.25) is 0 Å². The summed E-state index contributed by atoms with van der Waals surface area (Å²) in [5, 5.41) is 9.50. The van der Waals surface area contributed by atoms with Gasteiger partial charge in [0.05, 0.1) is 69.0 Å². The van der Waals surface area contributed by atoms with Gasteiger partial charge in [-0.2, -0.15) is 0 Å². The van der Waals surface area contributed by atoms with Crippen LogP contribution in [0, 0.1) is 68.2 Å². The molecule has 0 radical (unpaired) electrons. The number of rotatable bonds is 26. The molecule has 0 aromatic heterocycles. The normalized spacial score (nSPS) is 20.6. The molecule has 4 fully saturated rings. The summed E-state index contributed by atoms with van der Waals surface area (Å²) >= 11 is 11.9. The fourth-order valence-electron chi connectivity index (χ4n) is 24.1. The van der Waals surface area contributed by atoms with E-state index in [0.717, 1.165) is 166 Å². The molecule has 4 saturated carbocycles. The topological polar surface area (TPSA) is 155 Å². The molecule has 7 atom stereocenters. The largest absolute Gasteiger partial charge is 0.508 e. The van der Waals surface area contributed by atoms with Gasteiger partial charge in [-0.25, -0.2) is 35.1 Å². The number of ether oxygens (including phenoxy) is 9. The lowest BCUT2D eigenvalue weighted by Gasteiger charge is -2.30. The minimum absolute atomic E-state index is 0. The number of hydrogen-bond acceptors (Lipinski definition) is 13. The van der Waals surface area contributed by atoms with Crippen LogP contribution in [0.3, 0.4) is 0 Å². The molecular weight excluding hydrogens is 1920 g/mol. The number of alkyl halides is 2. The van der Waals surface area contributed by atoms with Gasteiger partial charge in [-0.1, -0.05) is 152 Å². The quantitative estimate of drug-likeness (QED) is 0.0237. The van der Waals surface area contributed by atoms with E-state index < -0.39 is 46.5 Å². The lowest BCUT2D eigenvalue weighted by Crippen LogP contribution is -2.23. The van der Waals surface area contributed by atoms with Crippen molar-refractivity contribution in [1.82, 2.24) is 0 Å². The molecule has 7 aliphatic carbocycles. The standard InChI is InChI=1S/2C34H38F2O4.2C21H23ClF2O.C13H16O3.CH4/c2*1-33(2)13-6-7-27(33)25-15-21(16-30(36)32(25)26-17-23(38-4)10-11-29(26)35)20-40-24-9-8-22-12-14-34(3,28(22)18-24)19-31(37)39-5;2*1-21(2)8-4-5-17(21)15-9-13(12-22)10-19(24)20(15)16-11-14(25-3)6-7-18(16)23;1-13(8-12(15)16-2)6-5-9-3-4-10(14)7-11(9)13;/h2*8-11,15-18,27H,6-7,12-14,19-20H2,1-5H3;2*6-7,9-11,17H,4-5,8,12H2,1-3H3;3-4,7,14H,5-6,8H2,1-2H3;1H4/t27-,34+;27-,34-;2*17-;13-;/m01101./s1. The van der Waals surface area contributed by atoms with Crippen molar-refractivity contribution in [2.24, 2.45) is 21.7 Å². The summed E-state index contributed by atoms with van der Waals surface area (Å²) < 4.78 is 169. The molecular formula is C124H142Cl2F8O13. The molecule has 13 nitrogen and oxygen atoms in total. The summed E-state index contributed by atoms with van der Waals surface area (Å²) in [5.74, 6) is 0.264. The van der Waals surface area contributed by atoms with Gasteiger partial charge in [-0.15, -0.1) is 23.2 Å². The van der Waals surface area contributed by atoms with Gasteiger partial charge in [0, 0.05) is 72.5 Å². The van der Waals surface area contributed by atoms with Crippen LogP contribution in [0.15, 0.2) is 176 Å². The van der Waals surface area contributed by atoms with Crippen molar-refractivity contribution >= 4 is 41.1 Å². The van der Waals surface area contributed by atoms with Crippen molar-refractivity contribution in [2.45, 2.75) is 283 Å². The van der Waals surface area contributed by atoms with Crippen LogP contribution in [0.25, 0.3) is 44.5 Å². The number of methoxy groups -OCH3 is 7. The summed E-state index contributed by atoms with van der Waals surface area (Å²) in [6.45, 7) is 24.2. The van der Waals surface area contributed by atoms with E-state index in [0.29, 0.717) is 87.1 Å². The maximum absolute atomic E-state index is 16.0. The second kappa shape index (κ2) is 47.1. The minimum Gasteiger partial charge on any atom is -0.508 e. The van der Waals surface area contributed by atoms with Crippen LogP contribution >= 0.6 is 23.2 Å². The number of phenols is 1.